The molecular formula is C10H14FNO2S. The highest BCUT2D eigenvalue weighted by Crippen LogP contribution is 2.22. The Morgan fingerprint density at radius 1 is 1.53 bits per heavy atom. The van der Waals surface area contributed by atoms with Crippen molar-refractivity contribution in [2.24, 2.45) is 0 Å². The normalized spacial score (nSPS) is 12.7. The van der Waals surface area contributed by atoms with E-state index in [1.807, 2.05) is 0 Å². The largest absolute Gasteiger partial charge is 0.399 e. The molecule has 1 rings (SSSR count). The molecular weight excluding hydrogens is 217 g/mol. The van der Waals surface area contributed by atoms with Crippen LogP contribution in [0.5, 0.6) is 0 Å². The minimum absolute atomic E-state index is 0.276. The van der Waals surface area contributed by atoms with E-state index in [1.54, 1.807) is 6.07 Å². The van der Waals surface area contributed by atoms with Crippen LogP contribution < -0.4 is 5.73 Å². The molecule has 0 saturated heterocycles. The van der Waals surface area contributed by atoms with Gasteiger partial charge in [-0.3, -0.25) is 0 Å². The van der Waals surface area contributed by atoms with Crippen LogP contribution >= 0.6 is 11.8 Å². The van der Waals surface area contributed by atoms with Crippen LogP contribution in [0.1, 0.15) is 0 Å². The summed E-state index contributed by atoms with van der Waals surface area (Å²) < 4.78 is 17.7. The van der Waals surface area contributed by atoms with E-state index in [0.29, 0.717) is 16.3 Å². The van der Waals surface area contributed by atoms with E-state index in [-0.39, 0.29) is 12.4 Å². The van der Waals surface area contributed by atoms with Crippen molar-refractivity contribution < 1.29 is 14.2 Å². The summed E-state index contributed by atoms with van der Waals surface area (Å²) in [4.78, 5) is 0.711. The lowest BCUT2D eigenvalue weighted by Crippen LogP contribution is -2.16. The summed E-state index contributed by atoms with van der Waals surface area (Å²) in [6.07, 6.45) is -0.551. The molecule has 0 aliphatic heterocycles. The number of aliphatic hydroxyl groups is 1. The van der Waals surface area contributed by atoms with Crippen molar-refractivity contribution in [3.63, 3.8) is 0 Å². The maximum atomic E-state index is 12.9. The van der Waals surface area contributed by atoms with Gasteiger partial charge in [0.2, 0.25) is 0 Å². The highest BCUT2D eigenvalue weighted by atomic mass is 32.2. The van der Waals surface area contributed by atoms with E-state index >= 15 is 0 Å². The number of hydrogen-bond acceptors (Lipinski definition) is 4. The van der Waals surface area contributed by atoms with Crippen molar-refractivity contribution in [3.05, 3.63) is 24.0 Å². The van der Waals surface area contributed by atoms with Crippen LogP contribution in [0.25, 0.3) is 0 Å². The SMILES string of the molecule is COCC(O)CSc1cc(N)cc(F)c1. The maximum absolute atomic E-state index is 12.9. The molecule has 0 radical (unpaired) electrons. The van der Waals surface area contributed by atoms with Crippen molar-refractivity contribution >= 4 is 17.4 Å². The average Bonchev–Trinajstić information content (AvgIpc) is 2.14. The van der Waals surface area contributed by atoms with Crippen LogP contribution in [-0.2, 0) is 4.74 Å². The van der Waals surface area contributed by atoms with Crippen LogP contribution in [0.2, 0.25) is 0 Å². The first-order valence-corrected chi connectivity index (χ1v) is 5.46. The molecule has 1 unspecified atom stereocenters. The number of nitrogen functional groups attached to an aromatic ring is 1. The fourth-order valence-electron chi connectivity index (χ4n) is 1.10. The zero-order valence-electron chi connectivity index (χ0n) is 8.44. The molecule has 1 aromatic carbocycles. The Morgan fingerprint density at radius 3 is 2.87 bits per heavy atom. The number of rotatable bonds is 5. The van der Waals surface area contributed by atoms with E-state index < -0.39 is 6.10 Å². The third-order valence-electron chi connectivity index (χ3n) is 1.70. The smallest absolute Gasteiger partial charge is 0.126 e. The molecule has 0 saturated carbocycles. The molecule has 0 fully saturated rings. The first kappa shape index (κ1) is 12.3. The fourth-order valence-corrected chi connectivity index (χ4v) is 2.00. The molecule has 0 heterocycles. The van der Waals surface area contributed by atoms with Crippen molar-refractivity contribution in [3.8, 4) is 0 Å². The number of nitrogens with two attached hydrogens (primary N) is 1. The third-order valence-corrected chi connectivity index (χ3v) is 2.82. The zero-order chi connectivity index (χ0) is 11.3. The lowest BCUT2D eigenvalue weighted by molar-refractivity contribution is 0.0794. The van der Waals surface area contributed by atoms with E-state index in [1.165, 1.54) is 31.0 Å². The van der Waals surface area contributed by atoms with Gasteiger partial charge in [0.1, 0.15) is 5.82 Å². The summed E-state index contributed by atoms with van der Waals surface area (Å²) in [6, 6.07) is 4.32. The second-order valence-corrected chi connectivity index (χ2v) is 4.23. The Kier molecular flexibility index (Phi) is 4.87. The monoisotopic (exact) mass is 231 g/mol. The van der Waals surface area contributed by atoms with Gasteiger partial charge in [-0.2, -0.15) is 0 Å². The van der Waals surface area contributed by atoms with Crippen LogP contribution in [0, 0.1) is 5.82 Å². The van der Waals surface area contributed by atoms with Crippen LogP contribution in [-0.4, -0.2) is 30.7 Å². The molecule has 3 N–H and O–H groups in total. The van der Waals surface area contributed by atoms with Gasteiger partial charge in [0.15, 0.2) is 0 Å². The lowest BCUT2D eigenvalue weighted by Gasteiger charge is -2.09. The molecule has 15 heavy (non-hydrogen) atoms. The molecule has 0 spiro atoms. The second-order valence-electron chi connectivity index (χ2n) is 3.14. The zero-order valence-corrected chi connectivity index (χ0v) is 9.26. The summed E-state index contributed by atoms with van der Waals surface area (Å²) in [5, 5.41) is 9.38. The van der Waals surface area contributed by atoms with Crippen molar-refractivity contribution in [2.75, 3.05) is 25.2 Å². The Hall–Kier alpha value is -0.780. The Morgan fingerprint density at radius 2 is 2.27 bits per heavy atom. The summed E-state index contributed by atoms with van der Waals surface area (Å²) >= 11 is 1.35. The molecule has 0 bridgehead atoms. The number of methoxy groups -OCH3 is 1. The van der Waals surface area contributed by atoms with Crippen LogP contribution in [0.3, 0.4) is 0 Å². The number of ether oxygens (including phenoxy) is 1. The highest BCUT2D eigenvalue weighted by Gasteiger charge is 2.05. The standard InChI is InChI=1S/C10H14FNO2S/c1-14-5-9(13)6-15-10-3-7(11)2-8(12)4-10/h2-4,9,13H,5-6,12H2,1H3. The van der Waals surface area contributed by atoms with Gasteiger partial charge in [-0.1, -0.05) is 0 Å². The summed E-state index contributed by atoms with van der Waals surface area (Å²) in [5.74, 6) is 0.0928. The molecule has 0 aliphatic carbocycles. The average molecular weight is 231 g/mol. The topological polar surface area (TPSA) is 55.5 Å². The molecule has 0 aromatic heterocycles. The summed E-state index contributed by atoms with van der Waals surface area (Å²) in [5.41, 5.74) is 5.87. The van der Waals surface area contributed by atoms with E-state index in [9.17, 15) is 9.50 Å². The molecule has 5 heteroatoms. The summed E-state index contributed by atoms with van der Waals surface area (Å²) in [7, 11) is 1.52. The number of aliphatic hydroxyl groups excluding tert-OH is 1. The molecule has 1 atom stereocenters. The highest BCUT2D eigenvalue weighted by molar-refractivity contribution is 7.99. The van der Waals surface area contributed by atoms with Gasteiger partial charge in [-0.05, 0) is 18.2 Å². The number of thioether (sulfide) groups is 1. The minimum atomic E-state index is -0.551. The van der Waals surface area contributed by atoms with Crippen molar-refractivity contribution in [2.45, 2.75) is 11.0 Å². The molecule has 3 nitrogen and oxygen atoms in total. The van der Waals surface area contributed by atoms with E-state index in [0.717, 1.165) is 0 Å². The van der Waals surface area contributed by atoms with Crippen molar-refractivity contribution in [1.82, 2.24) is 0 Å². The van der Waals surface area contributed by atoms with Gasteiger partial charge in [0, 0.05) is 23.4 Å². The number of hydrogen-bond donors (Lipinski definition) is 2. The van der Waals surface area contributed by atoms with Gasteiger partial charge < -0.3 is 15.6 Å². The quantitative estimate of drug-likeness (QED) is 0.595. The third kappa shape index (κ3) is 4.51. The maximum Gasteiger partial charge on any atom is 0.126 e. The molecule has 0 amide bonds. The molecule has 1 aromatic rings. The molecule has 0 aliphatic rings. The Labute approximate surface area is 92.4 Å². The van der Waals surface area contributed by atoms with Gasteiger partial charge in [-0.15, -0.1) is 11.8 Å². The van der Waals surface area contributed by atoms with E-state index in [2.05, 4.69) is 0 Å². The first-order valence-electron chi connectivity index (χ1n) is 4.47. The van der Waals surface area contributed by atoms with Gasteiger partial charge in [-0.25, -0.2) is 4.39 Å². The van der Waals surface area contributed by atoms with E-state index in [4.69, 9.17) is 10.5 Å². The predicted molar refractivity (Wildman–Crippen MR) is 59.4 cm³/mol. The lowest BCUT2D eigenvalue weighted by atomic mass is 10.3. The Balaban J connectivity index is 2.50. The number of anilines is 1. The van der Waals surface area contributed by atoms with Crippen LogP contribution in [0.15, 0.2) is 23.1 Å². The summed E-state index contributed by atoms with van der Waals surface area (Å²) in [6.45, 7) is 0.276. The predicted octanol–water partition coefficient (Wildman–Crippen LogP) is 1.51. The van der Waals surface area contributed by atoms with Gasteiger partial charge in [0.05, 0.1) is 12.7 Å². The minimum Gasteiger partial charge on any atom is -0.399 e. The van der Waals surface area contributed by atoms with Gasteiger partial charge >= 0.3 is 0 Å². The fraction of sp³-hybridized carbons (Fsp3) is 0.400. The van der Waals surface area contributed by atoms with Crippen LogP contribution in [0.4, 0.5) is 10.1 Å². The van der Waals surface area contributed by atoms with Crippen molar-refractivity contribution in [1.29, 1.82) is 0 Å². The first-order chi connectivity index (χ1) is 7.11. The molecule has 84 valence electrons. The second kappa shape index (κ2) is 5.95. The number of halogens is 1. The van der Waals surface area contributed by atoms with Gasteiger partial charge in [0.25, 0.3) is 0 Å². The Bertz CT molecular complexity index is 302. The number of benzene rings is 1.